The molecule has 1 heterocycles. The number of ether oxygens (including phenoxy) is 1. The van der Waals surface area contributed by atoms with Gasteiger partial charge >= 0.3 is 12.1 Å². The van der Waals surface area contributed by atoms with E-state index in [1.165, 1.54) is 6.07 Å². The normalized spacial score (nSPS) is 13.0. The molecule has 1 unspecified atom stereocenters. The van der Waals surface area contributed by atoms with E-state index in [-0.39, 0.29) is 10.5 Å². The Morgan fingerprint density at radius 2 is 2.00 bits per heavy atom. The largest absolute Gasteiger partial charge is 0.465 e. The zero-order chi connectivity index (χ0) is 17.7. The molecular weight excluding hydrogens is 341 g/mol. The van der Waals surface area contributed by atoms with E-state index in [1.807, 2.05) is 6.92 Å². The molecule has 0 aliphatic heterocycles. The number of carbonyl (C=O) groups excluding carboxylic acids is 1. The molecule has 0 bridgehead atoms. The summed E-state index contributed by atoms with van der Waals surface area (Å²) in [5.41, 5.74) is 0.189. The van der Waals surface area contributed by atoms with Gasteiger partial charge < -0.3 is 4.74 Å². The van der Waals surface area contributed by atoms with Crippen LogP contribution < -0.4 is 0 Å². The first-order valence-electron chi connectivity index (χ1n) is 7.50. The van der Waals surface area contributed by atoms with Crippen LogP contribution in [-0.4, -0.2) is 27.8 Å². The van der Waals surface area contributed by atoms with Crippen molar-refractivity contribution >= 4 is 28.6 Å². The topological polar surface area (TPSA) is 52.1 Å². The number of hydrogen-bond donors (Lipinski definition) is 0. The first-order chi connectivity index (χ1) is 11.3. The van der Waals surface area contributed by atoms with Gasteiger partial charge in [-0.2, -0.15) is 13.2 Å². The highest BCUT2D eigenvalue weighted by atomic mass is 32.2. The molecule has 8 heteroatoms. The fourth-order valence-corrected chi connectivity index (χ4v) is 2.85. The monoisotopic (exact) mass is 358 g/mol. The number of para-hydroxylation sites is 1. The Labute approximate surface area is 141 Å². The van der Waals surface area contributed by atoms with Crippen molar-refractivity contribution in [3.8, 4) is 0 Å². The molecule has 2 rings (SSSR count). The number of halogens is 3. The lowest BCUT2D eigenvalue weighted by Crippen LogP contribution is -2.18. The summed E-state index contributed by atoms with van der Waals surface area (Å²) < 4.78 is 44.0. The minimum atomic E-state index is -4.65. The molecule has 130 valence electrons. The van der Waals surface area contributed by atoms with Crippen LogP contribution in [0.15, 0.2) is 29.3 Å². The molecule has 0 saturated carbocycles. The lowest BCUT2D eigenvalue weighted by Gasteiger charge is -2.13. The van der Waals surface area contributed by atoms with Crippen molar-refractivity contribution in [2.45, 2.75) is 43.1 Å². The van der Waals surface area contributed by atoms with Gasteiger partial charge in [0.25, 0.3) is 0 Å². The van der Waals surface area contributed by atoms with Crippen LogP contribution in [0, 0.1) is 0 Å². The zero-order valence-electron chi connectivity index (χ0n) is 13.3. The standard InChI is InChI=1S/C16H17F3N2O2S/c1-3-4-9-23-14(22)10(2)24-13-11-7-5-6-8-12(11)20-15(21-13)16(17,18)19/h5-8,10H,3-4,9H2,1-2H3. The SMILES string of the molecule is CCCCOC(=O)C(C)Sc1nc(C(F)(F)F)nc2ccccc12. The maximum Gasteiger partial charge on any atom is 0.451 e. The molecule has 0 N–H and O–H groups in total. The first kappa shape index (κ1) is 18.5. The van der Waals surface area contributed by atoms with Crippen molar-refractivity contribution in [3.63, 3.8) is 0 Å². The van der Waals surface area contributed by atoms with Gasteiger partial charge in [-0.1, -0.05) is 43.3 Å². The van der Waals surface area contributed by atoms with Crippen LogP contribution in [0.3, 0.4) is 0 Å². The number of alkyl halides is 3. The Balaban J connectivity index is 2.28. The van der Waals surface area contributed by atoms with Gasteiger partial charge in [0, 0.05) is 5.39 Å². The molecule has 1 aromatic carbocycles. The fourth-order valence-electron chi connectivity index (χ4n) is 1.91. The summed E-state index contributed by atoms with van der Waals surface area (Å²) >= 11 is 0.944. The number of rotatable bonds is 6. The number of unbranched alkanes of at least 4 members (excludes halogenated alkanes) is 1. The zero-order valence-corrected chi connectivity index (χ0v) is 14.1. The summed E-state index contributed by atoms with van der Waals surface area (Å²) in [6.07, 6.45) is -3.01. The third-order valence-corrected chi connectivity index (χ3v) is 4.26. The average molecular weight is 358 g/mol. The van der Waals surface area contributed by atoms with Gasteiger partial charge in [0.05, 0.1) is 12.1 Å². The Morgan fingerprint density at radius 3 is 2.67 bits per heavy atom. The van der Waals surface area contributed by atoms with Gasteiger partial charge in [-0.25, -0.2) is 9.97 Å². The number of nitrogens with zero attached hydrogens (tertiary/aromatic N) is 2. The summed E-state index contributed by atoms with van der Waals surface area (Å²) in [7, 11) is 0. The summed E-state index contributed by atoms with van der Waals surface area (Å²) in [4.78, 5) is 19.1. The smallest absolute Gasteiger partial charge is 0.451 e. The van der Waals surface area contributed by atoms with E-state index >= 15 is 0 Å². The summed E-state index contributed by atoms with van der Waals surface area (Å²) in [6.45, 7) is 3.86. The van der Waals surface area contributed by atoms with Crippen LogP contribution >= 0.6 is 11.8 Å². The summed E-state index contributed by atoms with van der Waals surface area (Å²) in [5.74, 6) is -1.68. The van der Waals surface area contributed by atoms with Crippen LogP contribution in [0.4, 0.5) is 13.2 Å². The molecule has 0 spiro atoms. The van der Waals surface area contributed by atoms with E-state index in [2.05, 4.69) is 9.97 Å². The average Bonchev–Trinajstić information content (AvgIpc) is 2.54. The Bertz CT molecular complexity index is 722. The Hall–Kier alpha value is -1.83. The number of esters is 1. The van der Waals surface area contributed by atoms with Gasteiger partial charge in [-0.15, -0.1) is 0 Å². The lowest BCUT2D eigenvalue weighted by molar-refractivity contribution is -0.145. The third kappa shape index (κ3) is 4.59. The number of thioether (sulfide) groups is 1. The number of benzene rings is 1. The molecule has 2 aromatic rings. The van der Waals surface area contributed by atoms with E-state index in [1.54, 1.807) is 25.1 Å². The van der Waals surface area contributed by atoms with E-state index in [4.69, 9.17) is 4.74 Å². The van der Waals surface area contributed by atoms with Crippen molar-refractivity contribution in [2.75, 3.05) is 6.61 Å². The maximum atomic E-state index is 13.0. The molecule has 4 nitrogen and oxygen atoms in total. The second-order valence-corrected chi connectivity index (χ2v) is 6.48. The lowest BCUT2D eigenvalue weighted by atomic mass is 10.2. The molecule has 24 heavy (non-hydrogen) atoms. The van der Waals surface area contributed by atoms with Crippen molar-refractivity contribution in [1.82, 2.24) is 9.97 Å². The third-order valence-electron chi connectivity index (χ3n) is 3.18. The number of aromatic nitrogens is 2. The van der Waals surface area contributed by atoms with Gasteiger partial charge in [0.15, 0.2) is 0 Å². The van der Waals surface area contributed by atoms with Crippen molar-refractivity contribution < 1.29 is 22.7 Å². The summed E-state index contributed by atoms with van der Waals surface area (Å²) in [6, 6.07) is 6.41. The van der Waals surface area contributed by atoms with E-state index in [0.29, 0.717) is 12.0 Å². The molecule has 0 aliphatic carbocycles. The van der Waals surface area contributed by atoms with Gasteiger partial charge in [-0.3, -0.25) is 4.79 Å². The van der Waals surface area contributed by atoms with Crippen LogP contribution in [0.5, 0.6) is 0 Å². The van der Waals surface area contributed by atoms with Crippen LogP contribution in [-0.2, 0) is 15.7 Å². The quantitative estimate of drug-likeness (QED) is 0.330. The van der Waals surface area contributed by atoms with Crippen molar-refractivity contribution in [2.24, 2.45) is 0 Å². The van der Waals surface area contributed by atoms with Gasteiger partial charge in [0.2, 0.25) is 5.82 Å². The predicted octanol–water partition coefficient (Wildman–Crippen LogP) is 4.47. The Morgan fingerprint density at radius 1 is 1.29 bits per heavy atom. The van der Waals surface area contributed by atoms with E-state index in [0.717, 1.165) is 24.6 Å². The molecule has 0 aliphatic rings. The highest BCUT2D eigenvalue weighted by molar-refractivity contribution is 8.00. The molecule has 0 amide bonds. The maximum absolute atomic E-state index is 13.0. The number of fused-ring (bicyclic) bond motifs is 1. The molecule has 1 atom stereocenters. The molecular formula is C16H17F3N2O2S. The number of carbonyl (C=O) groups is 1. The highest BCUT2D eigenvalue weighted by Gasteiger charge is 2.36. The van der Waals surface area contributed by atoms with Crippen LogP contribution in [0.25, 0.3) is 10.9 Å². The second kappa shape index (κ2) is 7.83. The van der Waals surface area contributed by atoms with Crippen molar-refractivity contribution in [1.29, 1.82) is 0 Å². The van der Waals surface area contributed by atoms with E-state index in [9.17, 15) is 18.0 Å². The fraction of sp³-hybridized carbons (Fsp3) is 0.438. The minimum Gasteiger partial charge on any atom is -0.465 e. The van der Waals surface area contributed by atoms with E-state index < -0.39 is 23.2 Å². The Kier molecular flexibility index (Phi) is 6.04. The molecule has 0 radical (unpaired) electrons. The second-order valence-electron chi connectivity index (χ2n) is 5.15. The van der Waals surface area contributed by atoms with Gasteiger partial charge in [0.1, 0.15) is 10.3 Å². The summed E-state index contributed by atoms with van der Waals surface area (Å²) in [5, 5.41) is -0.0715. The predicted molar refractivity (Wildman–Crippen MR) is 85.7 cm³/mol. The molecule has 0 saturated heterocycles. The first-order valence-corrected chi connectivity index (χ1v) is 8.38. The number of hydrogen-bond acceptors (Lipinski definition) is 5. The van der Waals surface area contributed by atoms with Crippen LogP contribution in [0.1, 0.15) is 32.5 Å². The van der Waals surface area contributed by atoms with Gasteiger partial charge in [-0.05, 0) is 19.4 Å². The van der Waals surface area contributed by atoms with Crippen molar-refractivity contribution in [3.05, 3.63) is 30.1 Å². The molecule has 0 fully saturated rings. The molecule has 1 aromatic heterocycles. The highest BCUT2D eigenvalue weighted by Crippen LogP contribution is 2.33. The van der Waals surface area contributed by atoms with Crippen LogP contribution in [0.2, 0.25) is 0 Å². The minimum absolute atomic E-state index is 0.118.